The minimum Gasteiger partial charge on any atom is -0.484 e. The number of nitrogens with zero attached hydrogens (tertiary/aromatic N) is 2. The molecule has 10 nitrogen and oxygen atoms in total. The first-order chi connectivity index (χ1) is 20.8. The zero-order valence-corrected chi connectivity index (χ0v) is 24.2. The van der Waals surface area contributed by atoms with Crippen molar-refractivity contribution in [1.29, 1.82) is 0 Å². The van der Waals surface area contributed by atoms with E-state index in [1.165, 1.54) is 24.3 Å². The van der Waals surface area contributed by atoms with E-state index >= 15 is 0 Å². The van der Waals surface area contributed by atoms with E-state index < -0.39 is 46.9 Å². The van der Waals surface area contributed by atoms with Gasteiger partial charge in [-0.05, 0) is 54.3 Å². The molecule has 0 spiro atoms. The molecule has 11 heteroatoms. The number of amides is 1. The SMILES string of the molecule is O=C(NC(CO)CO)c1cccc(S(=O)(=O)Cc2c(O[C@H](Cn3ccnc3)c3ccccc3)ccc3c2CCCC3=O)c1. The number of aromatic nitrogens is 2. The molecule has 0 unspecified atom stereocenters. The molecule has 1 aromatic heterocycles. The van der Waals surface area contributed by atoms with Gasteiger partial charge in [-0.3, -0.25) is 9.59 Å². The first kappa shape index (κ1) is 30.1. The Kier molecular flexibility index (Phi) is 9.34. The summed E-state index contributed by atoms with van der Waals surface area (Å²) in [5.41, 5.74) is 2.55. The fourth-order valence-corrected chi connectivity index (χ4v) is 6.64. The summed E-state index contributed by atoms with van der Waals surface area (Å²) in [4.78, 5) is 29.6. The number of benzene rings is 3. The standard InChI is InChI=1S/C32H33N3O7S/c36-18-24(19-37)34-32(39)23-8-4-9-25(16-23)43(40,41)20-28-26-10-5-11-29(38)27(26)12-13-30(28)42-31(17-35-15-14-33-21-35)22-6-2-1-3-7-22/h1-4,6-9,12-16,21,24,31,36-37H,5,10-11,17-20H2,(H,34,39)/t31-/m1/s1. The third-order valence-electron chi connectivity index (χ3n) is 7.46. The molecule has 1 atom stereocenters. The van der Waals surface area contributed by atoms with E-state index in [0.29, 0.717) is 48.2 Å². The molecule has 0 radical (unpaired) electrons. The van der Waals surface area contributed by atoms with Crippen LogP contribution in [0.15, 0.2) is 90.3 Å². The van der Waals surface area contributed by atoms with Crippen LogP contribution in [0.3, 0.4) is 0 Å². The molecule has 0 fully saturated rings. The Morgan fingerprint density at radius 3 is 2.53 bits per heavy atom. The Bertz CT molecular complexity index is 1690. The molecule has 43 heavy (non-hydrogen) atoms. The number of ether oxygens (including phenoxy) is 1. The number of sulfone groups is 1. The molecule has 4 aromatic rings. The highest BCUT2D eigenvalue weighted by Gasteiger charge is 2.28. The van der Waals surface area contributed by atoms with E-state index in [4.69, 9.17) is 4.74 Å². The minimum absolute atomic E-state index is 0.0366. The Labute approximate surface area is 249 Å². The van der Waals surface area contributed by atoms with Crippen LogP contribution < -0.4 is 10.1 Å². The lowest BCUT2D eigenvalue weighted by molar-refractivity contribution is 0.0878. The number of hydrogen-bond acceptors (Lipinski definition) is 8. The predicted molar refractivity (Wildman–Crippen MR) is 159 cm³/mol. The lowest BCUT2D eigenvalue weighted by Gasteiger charge is -2.26. The maximum Gasteiger partial charge on any atom is 0.251 e. The third-order valence-corrected chi connectivity index (χ3v) is 9.10. The van der Waals surface area contributed by atoms with Crippen molar-refractivity contribution in [2.45, 2.75) is 48.6 Å². The maximum absolute atomic E-state index is 13.9. The number of aliphatic hydroxyl groups is 2. The molecule has 0 saturated carbocycles. The van der Waals surface area contributed by atoms with Crippen molar-refractivity contribution < 1.29 is 33.0 Å². The van der Waals surface area contributed by atoms with Crippen LogP contribution in [0, 0.1) is 0 Å². The van der Waals surface area contributed by atoms with Gasteiger partial charge in [0.15, 0.2) is 15.6 Å². The average Bonchev–Trinajstić information content (AvgIpc) is 3.54. The highest BCUT2D eigenvalue weighted by molar-refractivity contribution is 7.90. The monoisotopic (exact) mass is 603 g/mol. The molecule has 1 aliphatic carbocycles. The zero-order chi connectivity index (χ0) is 30.4. The fraction of sp³-hybridized carbons (Fsp3) is 0.281. The number of fused-ring (bicyclic) bond motifs is 1. The van der Waals surface area contributed by atoms with E-state index in [-0.39, 0.29) is 16.2 Å². The molecule has 0 aliphatic heterocycles. The summed E-state index contributed by atoms with van der Waals surface area (Å²) in [6.07, 6.45) is 6.23. The second kappa shape index (κ2) is 13.3. The number of rotatable bonds is 12. The minimum atomic E-state index is -4.02. The second-order valence-electron chi connectivity index (χ2n) is 10.4. The van der Waals surface area contributed by atoms with Gasteiger partial charge >= 0.3 is 0 Å². The van der Waals surface area contributed by atoms with Crippen molar-refractivity contribution in [2.24, 2.45) is 0 Å². The van der Waals surface area contributed by atoms with Gasteiger partial charge in [-0.2, -0.15) is 0 Å². The molecular formula is C32H33N3O7S. The van der Waals surface area contributed by atoms with Gasteiger partial charge in [0.05, 0.1) is 42.8 Å². The van der Waals surface area contributed by atoms with Crippen LogP contribution in [0.4, 0.5) is 0 Å². The normalized spacial score (nSPS) is 13.9. The Hall–Kier alpha value is -4.32. The average molecular weight is 604 g/mol. The van der Waals surface area contributed by atoms with Crippen LogP contribution in [0.2, 0.25) is 0 Å². The number of nitrogens with one attached hydrogen (secondary N) is 1. The number of Topliss-reactive ketones (excluding diaryl/α,β-unsaturated/α-hetero) is 1. The lowest BCUT2D eigenvalue weighted by atomic mass is 9.87. The molecule has 0 bridgehead atoms. The van der Waals surface area contributed by atoms with Gasteiger partial charge in [0.2, 0.25) is 0 Å². The largest absolute Gasteiger partial charge is 0.484 e. The van der Waals surface area contributed by atoms with Gasteiger partial charge < -0.3 is 24.8 Å². The van der Waals surface area contributed by atoms with E-state index in [1.807, 2.05) is 41.1 Å². The van der Waals surface area contributed by atoms with Crippen LogP contribution in [-0.2, 0) is 28.6 Å². The summed E-state index contributed by atoms with van der Waals surface area (Å²) in [6, 6.07) is 17.7. The zero-order valence-electron chi connectivity index (χ0n) is 23.4. The summed E-state index contributed by atoms with van der Waals surface area (Å²) in [6.45, 7) is -0.511. The maximum atomic E-state index is 13.9. The van der Waals surface area contributed by atoms with Gasteiger partial charge in [-0.15, -0.1) is 0 Å². The van der Waals surface area contributed by atoms with Crippen molar-refractivity contribution in [3.05, 3.63) is 113 Å². The number of carbonyl (C=O) groups is 2. The van der Waals surface area contributed by atoms with Crippen LogP contribution in [0.5, 0.6) is 5.75 Å². The van der Waals surface area contributed by atoms with Gasteiger partial charge in [0.1, 0.15) is 11.9 Å². The predicted octanol–water partition coefficient (Wildman–Crippen LogP) is 3.28. The number of ketones is 1. The van der Waals surface area contributed by atoms with Crippen LogP contribution in [-0.4, -0.2) is 59.1 Å². The molecule has 1 heterocycles. The number of aliphatic hydroxyl groups excluding tert-OH is 2. The second-order valence-corrected chi connectivity index (χ2v) is 12.4. The molecule has 3 N–H and O–H groups in total. The van der Waals surface area contributed by atoms with Crippen LogP contribution in [0.25, 0.3) is 0 Å². The number of imidazole rings is 1. The Balaban J connectivity index is 1.52. The first-order valence-corrected chi connectivity index (χ1v) is 15.6. The van der Waals surface area contributed by atoms with Crippen LogP contribution in [0.1, 0.15) is 56.4 Å². The van der Waals surface area contributed by atoms with Gasteiger partial charge in [-0.1, -0.05) is 36.4 Å². The van der Waals surface area contributed by atoms with Crippen molar-refractivity contribution in [3.8, 4) is 5.75 Å². The molecule has 224 valence electrons. The molecule has 1 aliphatic rings. The fourth-order valence-electron chi connectivity index (χ4n) is 5.19. The van der Waals surface area contributed by atoms with E-state index in [2.05, 4.69) is 10.3 Å². The summed E-state index contributed by atoms with van der Waals surface area (Å²) < 4.78 is 36.2. The first-order valence-electron chi connectivity index (χ1n) is 14.0. The third kappa shape index (κ3) is 7.02. The van der Waals surface area contributed by atoms with Gasteiger partial charge in [0, 0.05) is 35.5 Å². The van der Waals surface area contributed by atoms with Gasteiger partial charge in [0.25, 0.3) is 5.91 Å². The van der Waals surface area contributed by atoms with Gasteiger partial charge in [-0.25, -0.2) is 13.4 Å². The molecule has 5 rings (SSSR count). The number of carbonyl (C=O) groups excluding carboxylic acids is 2. The van der Waals surface area contributed by atoms with E-state index in [0.717, 1.165) is 5.56 Å². The Morgan fingerprint density at radius 2 is 1.81 bits per heavy atom. The summed E-state index contributed by atoms with van der Waals surface area (Å²) in [7, 11) is -4.02. The smallest absolute Gasteiger partial charge is 0.251 e. The summed E-state index contributed by atoms with van der Waals surface area (Å²) >= 11 is 0. The number of hydrogen-bond donors (Lipinski definition) is 3. The van der Waals surface area contributed by atoms with E-state index in [9.17, 15) is 28.2 Å². The highest BCUT2D eigenvalue weighted by atomic mass is 32.2. The molecular weight excluding hydrogens is 570 g/mol. The van der Waals surface area contributed by atoms with E-state index in [1.54, 1.807) is 24.7 Å². The summed E-state index contributed by atoms with van der Waals surface area (Å²) in [5, 5.41) is 21.1. The quantitative estimate of drug-likeness (QED) is 0.224. The topological polar surface area (TPSA) is 148 Å². The van der Waals surface area contributed by atoms with Crippen molar-refractivity contribution in [3.63, 3.8) is 0 Å². The Morgan fingerprint density at radius 1 is 1.02 bits per heavy atom. The lowest BCUT2D eigenvalue weighted by Crippen LogP contribution is -2.40. The van der Waals surface area contributed by atoms with Crippen molar-refractivity contribution in [2.75, 3.05) is 13.2 Å². The molecule has 0 saturated heterocycles. The van der Waals surface area contributed by atoms with Crippen molar-refractivity contribution in [1.82, 2.24) is 14.9 Å². The molecule has 1 amide bonds. The van der Waals surface area contributed by atoms with Crippen molar-refractivity contribution >= 4 is 21.5 Å². The molecule has 3 aromatic carbocycles. The highest BCUT2D eigenvalue weighted by Crippen LogP contribution is 2.36. The van der Waals surface area contributed by atoms with Crippen LogP contribution >= 0.6 is 0 Å². The summed E-state index contributed by atoms with van der Waals surface area (Å²) in [5.74, 6) is -0.729.